The van der Waals surface area contributed by atoms with E-state index in [4.69, 9.17) is 4.74 Å². The average Bonchev–Trinajstić information content (AvgIpc) is 3.56. The summed E-state index contributed by atoms with van der Waals surface area (Å²) in [6, 6.07) is 16.3. The standard InChI is InChI=1S/C27H27N7O8/c35-21-10-11-34(27(40)29-21)26-23(37)22(36)20(42-26)14-33-13-18(30-32-33)12-19(25(39)31-41)28-24(38)17-8-6-16(7-9-17)15-4-2-1-3-5-15/h1-11,13,19-20,22-23,26,36-37,41H,12,14H2,(H,28,38)(H,31,39)(H,29,35,40)/t19-,20+,22+,23+,26+/m0/s1. The Bertz CT molecular complexity index is 1670. The summed E-state index contributed by atoms with van der Waals surface area (Å²) >= 11 is 0. The first kappa shape index (κ1) is 28.6. The highest BCUT2D eigenvalue weighted by molar-refractivity contribution is 5.97. The number of H-pyrrole nitrogens is 1. The molecule has 1 aliphatic rings. The van der Waals surface area contributed by atoms with E-state index in [1.807, 2.05) is 30.3 Å². The van der Waals surface area contributed by atoms with Crippen LogP contribution in [-0.4, -0.2) is 76.1 Å². The summed E-state index contributed by atoms with van der Waals surface area (Å²) in [5.41, 5.74) is 2.56. The number of nitrogens with one attached hydrogen (secondary N) is 3. The summed E-state index contributed by atoms with van der Waals surface area (Å²) in [7, 11) is 0. The van der Waals surface area contributed by atoms with E-state index in [0.29, 0.717) is 5.56 Å². The number of ether oxygens (including phenoxy) is 1. The van der Waals surface area contributed by atoms with Crippen LogP contribution in [0.1, 0.15) is 22.3 Å². The monoisotopic (exact) mass is 577 g/mol. The number of hydrogen-bond donors (Lipinski definition) is 6. The van der Waals surface area contributed by atoms with Crippen molar-refractivity contribution in [2.45, 2.75) is 43.5 Å². The highest BCUT2D eigenvalue weighted by Crippen LogP contribution is 2.29. The van der Waals surface area contributed by atoms with E-state index in [0.717, 1.165) is 28.0 Å². The van der Waals surface area contributed by atoms with Crippen LogP contribution in [0, 0.1) is 0 Å². The summed E-state index contributed by atoms with van der Waals surface area (Å²) in [6.07, 6.45) is -2.68. The lowest BCUT2D eigenvalue weighted by Crippen LogP contribution is -2.47. The van der Waals surface area contributed by atoms with Gasteiger partial charge in [-0.3, -0.25) is 29.1 Å². The molecule has 5 atom stereocenters. The maximum absolute atomic E-state index is 12.9. The summed E-state index contributed by atoms with van der Waals surface area (Å²) in [6.45, 7) is -0.0865. The van der Waals surface area contributed by atoms with E-state index in [1.54, 1.807) is 24.3 Å². The quantitative estimate of drug-likeness (QED) is 0.105. The molecule has 4 aromatic rings. The predicted octanol–water partition coefficient (Wildman–Crippen LogP) is -1.04. The molecule has 2 aromatic carbocycles. The summed E-state index contributed by atoms with van der Waals surface area (Å²) in [5, 5.41) is 40.7. The van der Waals surface area contributed by atoms with Gasteiger partial charge in [-0.05, 0) is 23.3 Å². The van der Waals surface area contributed by atoms with Gasteiger partial charge in [0, 0.05) is 30.4 Å². The molecule has 1 aliphatic heterocycles. The van der Waals surface area contributed by atoms with Crippen molar-refractivity contribution in [1.29, 1.82) is 0 Å². The van der Waals surface area contributed by atoms with Crippen LogP contribution in [0.3, 0.4) is 0 Å². The molecule has 0 radical (unpaired) electrons. The first-order chi connectivity index (χ1) is 20.2. The zero-order valence-corrected chi connectivity index (χ0v) is 21.9. The molecule has 5 rings (SSSR count). The fourth-order valence-electron chi connectivity index (χ4n) is 4.63. The molecule has 1 saturated heterocycles. The topological polar surface area (TPSA) is 214 Å². The van der Waals surface area contributed by atoms with Crippen LogP contribution in [0.5, 0.6) is 0 Å². The van der Waals surface area contributed by atoms with Crippen molar-refractivity contribution in [2.24, 2.45) is 0 Å². The number of carbonyl (C=O) groups is 2. The van der Waals surface area contributed by atoms with Crippen LogP contribution in [0.4, 0.5) is 0 Å². The Kier molecular flexibility index (Phi) is 8.35. The maximum Gasteiger partial charge on any atom is 0.330 e. The molecule has 3 heterocycles. The highest BCUT2D eigenvalue weighted by Gasteiger charge is 2.44. The number of hydrogen-bond acceptors (Lipinski definition) is 10. The molecular formula is C27H27N7O8. The number of amides is 2. The third kappa shape index (κ3) is 6.18. The number of hydroxylamine groups is 1. The van der Waals surface area contributed by atoms with Crippen LogP contribution in [0.15, 0.2) is 82.6 Å². The first-order valence-electron chi connectivity index (χ1n) is 12.9. The normalized spacial score (nSPS) is 20.6. The van der Waals surface area contributed by atoms with Gasteiger partial charge in [-0.2, -0.15) is 0 Å². The second-order valence-corrected chi connectivity index (χ2v) is 9.65. The van der Waals surface area contributed by atoms with E-state index in [9.17, 15) is 34.6 Å². The molecule has 0 saturated carbocycles. The van der Waals surface area contributed by atoms with Crippen LogP contribution in [0.2, 0.25) is 0 Å². The zero-order chi connectivity index (χ0) is 29.8. The van der Waals surface area contributed by atoms with Gasteiger partial charge in [-0.1, -0.05) is 47.7 Å². The van der Waals surface area contributed by atoms with Gasteiger partial charge in [-0.25, -0.2) is 15.0 Å². The summed E-state index contributed by atoms with van der Waals surface area (Å²) < 4.78 is 7.93. The maximum atomic E-state index is 12.9. The van der Waals surface area contributed by atoms with Crippen molar-refractivity contribution >= 4 is 11.8 Å². The van der Waals surface area contributed by atoms with Crippen molar-refractivity contribution in [2.75, 3.05) is 0 Å². The predicted molar refractivity (Wildman–Crippen MR) is 144 cm³/mol. The molecule has 42 heavy (non-hydrogen) atoms. The van der Waals surface area contributed by atoms with Crippen molar-refractivity contribution in [3.63, 3.8) is 0 Å². The molecule has 1 fully saturated rings. The number of aliphatic hydroxyl groups excluding tert-OH is 2. The molecule has 0 bridgehead atoms. The van der Waals surface area contributed by atoms with Gasteiger partial charge in [0.15, 0.2) is 6.23 Å². The molecule has 6 N–H and O–H groups in total. The number of carbonyl (C=O) groups excluding carboxylic acids is 2. The lowest BCUT2D eigenvalue weighted by molar-refractivity contribution is -0.131. The number of aromatic nitrogens is 5. The van der Waals surface area contributed by atoms with Crippen LogP contribution in [0.25, 0.3) is 11.1 Å². The first-order valence-corrected chi connectivity index (χ1v) is 12.9. The lowest BCUT2D eigenvalue weighted by Gasteiger charge is -2.16. The van der Waals surface area contributed by atoms with E-state index in [1.165, 1.54) is 16.4 Å². The van der Waals surface area contributed by atoms with Gasteiger partial charge in [0.05, 0.1) is 12.2 Å². The summed E-state index contributed by atoms with van der Waals surface area (Å²) in [4.78, 5) is 50.7. The number of aliphatic hydroxyl groups is 2. The molecule has 218 valence electrons. The molecule has 15 nitrogen and oxygen atoms in total. The zero-order valence-electron chi connectivity index (χ0n) is 21.9. The van der Waals surface area contributed by atoms with Crippen molar-refractivity contribution in [1.82, 2.24) is 35.3 Å². The van der Waals surface area contributed by atoms with E-state index in [-0.39, 0.29) is 18.7 Å². The highest BCUT2D eigenvalue weighted by atomic mass is 16.6. The third-order valence-corrected chi connectivity index (χ3v) is 6.82. The third-order valence-electron chi connectivity index (χ3n) is 6.82. The lowest BCUT2D eigenvalue weighted by atomic mass is 10.0. The molecule has 0 unspecified atom stereocenters. The Labute approximate surface area is 237 Å². The Hall–Kier alpha value is -4.96. The van der Waals surface area contributed by atoms with Crippen LogP contribution >= 0.6 is 0 Å². The Morgan fingerprint density at radius 1 is 1.00 bits per heavy atom. The molecule has 0 aliphatic carbocycles. The van der Waals surface area contributed by atoms with Gasteiger partial charge >= 0.3 is 5.69 Å². The fourth-order valence-corrected chi connectivity index (χ4v) is 4.63. The van der Waals surface area contributed by atoms with Gasteiger partial charge < -0.3 is 20.3 Å². The summed E-state index contributed by atoms with van der Waals surface area (Å²) in [5.74, 6) is -1.42. The van der Waals surface area contributed by atoms with Crippen LogP contribution in [-0.2, 0) is 22.5 Å². The van der Waals surface area contributed by atoms with Gasteiger partial charge in [0.25, 0.3) is 17.4 Å². The SMILES string of the molecule is O=C(N[C@@H](Cc1cn(C[C@H]2O[C@@H](n3ccc(=O)[nH]c3=O)[C@H](O)[C@@H]2O)nn1)C(=O)NO)c1ccc(-c2ccccc2)cc1. The van der Waals surface area contributed by atoms with Crippen molar-refractivity contribution in [3.8, 4) is 11.1 Å². The van der Waals surface area contributed by atoms with Gasteiger partial charge in [0.1, 0.15) is 24.4 Å². The number of rotatable bonds is 9. The molecule has 15 heteroatoms. The number of aromatic amines is 1. The van der Waals surface area contributed by atoms with Crippen molar-refractivity contribution in [3.05, 3.63) is 105 Å². The van der Waals surface area contributed by atoms with E-state index >= 15 is 0 Å². The largest absolute Gasteiger partial charge is 0.387 e. The minimum Gasteiger partial charge on any atom is -0.387 e. The molecule has 0 spiro atoms. The van der Waals surface area contributed by atoms with Gasteiger partial charge in [-0.15, -0.1) is 5.10 Å². The number of benzene rings is 2. The number of nitrogens with zero attached hydrogens (tertiary/aromatic N) is 4. The van der Waals surface area contributed by atoms with E-state index < -0.39 is 53.6 Å². The minimum absolute atomic E-state index is 0.0865. The molecule has 2 aromatic heterocycles. The fraction of sp³-hybridized carbons (Fsp3) is 0.259. The minimum atomic E-state index is -1.48. The molecular weight excluding hydrogens is 550 g/mol. The van der Waals surface area contributed by atoms with Crippen LogP contribution < -0.4 is 22.0 Å². The van der Waals surface area contributed by atoms with Gasteiger partial charge in [0.2, 0.25) is 0 Å². The second-order valence-electron chi connectivity index (χ2n) is 9.65. The Balaban J connectivity index is 1.23. The average molecular weight is 578 g/mol. The Morgan fingerprint density at radius 3 is 2.40 bits per heavy atom. The smallest absolute Gasteiger partial charge is 0.330 e. The molecule has 2 amide bonds. The Morgan fingerprint density at radius 2 is 1.71 bits per heavy atom. The van der Waals surface area contributed by atoms with E-state index in [2.05, 4.69) is 20.6 Å². The second kappa shape index (κ2) is 12.3. The van der Waals surface area contributed by atoms with Crippen molar-refractivity contribution < 1.29 is 29.7 Å².